The van der Waals surface area contributed by atoms with Crippen LogP contribution in [0.5, 0.6) is 23.0 Å². The fourth-order valence-electron chi connectivity index (χ4n) is 3.37. The fraction of sp³-hybridized carbons (Fsp3) is 0.348. The van der Waals surface area contributed by atoms with E-state index in [0.29, 0.717) is 65.3 Å². The average molecular weight is 473 g/mol. The van der Waals surface area contributed by atoms with Crippen molar-refractivity contribution in [1.29, 1.82) is 0 Å². The summed E-state index contributed by atoms with van der Waals surface area (Å²) >= 11 is 1.27. The minimum atomic E-state index is -0.471. The number of fused-ring (bicyclic) bond motifs is 2. The van der Waals surface area contributed by atoms with Gasteiger partial charge < -0.3 is 28.3 Å². The summed E-state index contributed by atoms with van der Waals surface area (Å²) < 4.78 is 29.8. The summed E-state index contributed by atoms with van der Waals surface area (Å²) in [6.07, 6.45) is 0. The van der Waals surface area contributed by atoms with Crippen molar-refractivity contribution in [2.75, 3.05) is 33.5 Å². The first-order chi connectivity index (χ1) is 16.0. The van der Waals surface area contributed by atoms with E-state index in [1.165, 1.54) is 18.4 Å². The Morgan fingerprint density at radius 1 is 1.03 bits per heavy atom. The summed E-state index contributed by atoms with van der Waals surface area (Å²) in [5, 5.41) is 0. The Kier molecular flexibility index (Phi) is 6.83. The van der Waals surface area contributed by atoms with E-state index < -0.39 is 11.9 Å². The zero-order chi connectivity index (χ0) is 23.4. The van der Waals surface area contributed by atoms with Crippen molar-refractivity contribution in [3.63, 3.8) is 0 Å². The Morgan fingerprint density at radius 3 is 2.42 bits per heavy atom. The molecule has 0 fully saturated rings. The number of ether oxygens (including phenoxy) is 5. The first kappa shape index (κ1) is 22.7. The highest BCUT2D eigenvalue weighted by atomic mass is 32.1. The van der Waals surface area contributed by atoms with Crippen molar-refractivity contribution in [2.24, 2.45) is 4.99 Å². The quantitative estimate of drug-likeness (QED) is 0.487. The van der Waals surface area contributed by atoms with Crippen LogP contribution in [0.15, 0.2) is 35.3 Å². The molecule has 0 atom stereocenters. The minimum Gasteiger partial charge on any atom is -0.490 e. The van der Waals surface area contributed by atoms with Gasteiger partial charge in [0.15, 0.2) is 27.8 Å². The van der Waals surface area contributed by atoms with Gasteiger partial charge in [0, 0.05) is 17.7 Å². The number of carbonyl (C=O) groups excluding carboxylic acids is 2. The molecule has 9 nitrogen and oxygen atoms in total. The van der Waals surface area contributed by atoms with Gasteiger partial charge in [-0.1, -0.05) is 11.3 Å². The number of hydrogen-bond donors (Lipinski definition) is 0. The fourth-order valence-corrected chi connectivity index (χ4v) is 4.41. The molecule has 0 spiro atoms. The van der Waals surface area contributed by atoms with Gasteiger partial charge in [-0.15, -0.1) is 0 Å². The number of benzene rings is 2. The Bertz CT molecular complexity index is 1260. The number of esters is 1. The highest BCUT2D eigenvalue weighted by Crippen LogP contribution is 2.35. The molecule has 0 radical (unpaired) electrons. The van der Waals surface area contributed by atoms with E-state index in [1.54, 1.807) is 28.8 Å². The molecular weight excluding hydrogens is 448 g/mol. The molecule has 0 N–H and O–H groups in total. The second-order valence-electron chi connectivity index (χ2n) is 6.96. The SMILES string of the molecule is CCOc1ccc(C(=O)N=c2sc3cc4c(cc3n2CC(=O)OC)OCCO4)cc1OCC. The lowest BCUT2D eigenvalue weighted by atomic mass is 10.2. The molecule has 0 aliphatic carbocycles. The maximum atomic E-state index is 13.0. The maximum Gasteiger partial charge on any atom is 0.325 e. The van der Waals surface area contributed by atoms with Crippen LogP contribution in [-0.4, -0.2) is 50.0 Å². The molecule has 2 heterocycles. The van der Waals surface area contributed by atoms with Gasteiger partial charge in [0.1, 0.15) is 19.8 Å². The van der Waals surface area contributed by atoms with Crippen molar-refractivity contribution in [3.05, 3.63) is 40.7 Å². The van der Waals surface area contributed by atoms with E-state index >= 15 is 0 Å². The van der Waals surface area contributed by atoms with Crippen molar-refractivity contribution < 1.29 is 33.3 Å². The maximum absolute atomic E-state index is 13.0. The van der Waals surface area contributed by atoms with Gasteiger partial charge in [-0.3, -0.25) is 9.59 Å². The lowest BCUT2D eigenvalue weighted by Crippen LogP contribution is -2.22. The van der Waals surface area contributed by atoms with Gasteiger partial charge >= 0.3 is 5.97 Å². The number of nitrogens with zero attached hydrogens (tertiary/aromatic N) is 2. The third kappa shape index (κ3) is 4.80. The monoisotopic (exact) mass is 472 g/mol. The Hall–Kier alpha value is -3.53. The van der Waals surface area contributed by atoms with E-state index in [-0.39, 0.29) is 6.54 Å². The van der Waals surface area contributed by atoms with Crippen LogP contribution in [0, 0.1) is 0 Å². The van der Waals surface area contributed by atoms with Gasteiger partial charge in [0.05, 0.1) is 30.5 Å². The molecule has 174 valence electrons. The molecule has 1 aliphatic heterocycles. The van der Waals surface area contributed by atoms with Crippen molar-refractivity contribution >= 4 is 33.4 Å². The van der Waals surface area contributed by atoms with Crippen LogP contribution in [-0.2, 0) is 16.1 Å². The van der Waals surface area contributed by atoms with Gasteiger partial charge in [0.2, 0.25) is 0 Å². The number of thiazole rings is 1. The third-order valence-electron chi connectivity index (χ3n) is 4.85. The normalized spacial score (nSPS) is 13.1. The number of amides is 1. The van der Waals surface area contributed by atoms with Crippen LogP contribution >= 0.6 is 11.3 Å². The molecule has 0 saturated heterocycles. The van der Waals surface area contributed by atoms with E-state index in [2.05, 4.69) is 4.99 Å². The van der Waals surface area contributed by atoms with Gasteiger partial charge in [-0.25, -0.2) is 0 Å². The topological polar surface area (TPSA) is 97.6 Å². The van der Waals surface area contributed by atoms with Crippen LogP contribution in [0.1, 0.15) is 24.2 Å². The highest BCUT2D eigenvalue weighted by molar-refractivity contribution is 7.16. The molecular formula is C23H24N2O7S. The summed E-state index contributed by atoms with van der Waals surface area (Å²) in [5.74, 6) is 1.30. The molecule has 3 aromatic rings. The average Bonchev–Trinajstić information content (AvgIpc) is 3.14. The molecule has 1 aromatic heterocycles. The van der Waals surface area contributed by atoms with Gasteiger partial charge in [-0.2, -0.15) is 4.99 Å². The number of methoxy groups -OCH3 is 1. The first-order valence-corrected chi connectivity index (χ1v) is 11.3. The summed E-state index contributed by atoms with van der Waals surface area (Å²) in [6.45, 7) is 5.43. The zero-order valence-corrected chi connectivity index (χ0v) is 19.4. The molecule has 1 amide bonds. The lowest BCUT2D eigenvalue weighted by molar-refractivity contribution is -0.141. The predicted octanol–water partition coefficient (Wildman–Crippen LogP) is 3.19. The van der Waals surface area contributed by atoms with Crippen molar-refractivity contribution in [1.82, 2.24) is 4.57 Å². The Morgan fingerprint density at radius 2 is 1.73 bits per heavy atom. The standard InChI is InChI=1S/C23H24N2O7S/c1-4-29-16-7-6-14(10-17(16)30-5-2)22(27)24-23-25(13-21(26)28-3)15-11-18-19(12-20(15)33-23)32-9-8-31-18/h6-7,10-12H,4-5,8-9,13H2,1-3H3. The predicted molar refractivity (Wildman–Crippen MR) is 121 cm³/mol. The number of hydrogen-bond acceptors (Lipinski definition) is 8. The van der Waals surface area contributed by atoms with Gasteiger partial charge in [0.25, 0.3) is 5.91 Å². The molecule has 10 heteroatoms. The van der Waals surface area contributed by atoms with E-state index in [0.717, 1.165) is 4.70 Å². The summed E-state index contributed by atoms with van der Waals surface area (Å²) in [4.78, 5) is 29.8. The Balaban J connectivity index is 1.79. The van der Waals surface area contributed by atoms with E-state index in [4.69, 9.17) is 23.7 Å². The largest absolute Gasteiger partial charge is 0.490 e. The van der Waals surface area contributed by atoms with Crippen molar-refractivity contribution in [2.45, 2.75) is 20.4 Å². The van der Waals surface area contributed by atoms with E-state index in [9.17, 15) is 9.59 Å². The second-order valence-corrected chi connectivity index (χ2v) is 7.96. The molecule has 4 rings (SSSR count). The van der Waals surface area contributed by atoms with E-state index in [1.807, 2.05) is 19.9 Å². The summed E-state index contributed by atoms with van der Waals surface area (Å²) in [7, 11) is 1.31. The van der Waals surface area contributed by atoms with Crippen LogP contribution in [0.3, 0.4) is 0 Å². The molecule has 0 unspecified atom stereocenters. The number of aromatic nitrogens is 1. The minimum absolute atomic E-state index is 0.101. The molecule has 2 aromatic carbocycles. The molecule has 1 aliphatic rings. The number of rotatable bonds is 7. The second kappa shape index (κ2) is 9.95. The Labute approximate surface area is 194 Å². The van der Waals surface area contributed by atoms with Crippen LogP contribution < -0.4 is 23.7 Å². The van der Waals surface area contributed by atoms with Gasteiger partial charge in [-0.05, 0) is 32.0 Å². The molecule has 0 saturated carbocycles. The summed E-state index contributed by atoms with van der Waals surface area (Å²) in [6, 6.07) is 8.55. The zero-order valence-electron chi connectivity index (χ0n) is 18.6. The third-order valence-corrected chi connectivity index (χ3v) is 5.89. The van der Waals surface area contributed by atoms with Crippen LogP contribution in [0.2, 0.25) is 0 Å². The molecule has 33 heavy (non-hydrogen) atoms. The smallest absolute Gasteiger partial charge is 0.325 e. The number of carbonyl (C=O) groups is 2. The van der Waals surface area contributed by atoms with Crippen LogP contribution in [0.4, 0.5) is 0 Å². The van der Waals surface area contributed by atoms with Crippen LogP contribution in [0.25, 0.3) is 10.2 Å². The molecule has 0 bridgehead atoms. The lowest BCUT2D eigenvalue weighted by Gasteiger charge is -2.18. The highest BCUT2D eigenvalue weighted by Gasteiger charge is 2.19. The summed E-state index contributed by atoms with van der Waals surface area (Å²) in [5.41, 5.74) is 1.04. The van der Waals surface area contributed by atoms with Crippen molar-refractivity contribution in [3.8, 4) is 23.0 Å². The first-order valence-electron chi connectivity index (χ1n) is 10.5.